The van der Waals surface area contributed by atoms with Gasteiger partial charge in [0.1, 0.15) is 12.1 Å². The number of nitrogens with two attached hydrogens (primary N) is 1. The summed E-state index contributed by atoms with van der Waals surface area (Å²) in [4.78, 5) is 38.3. The Morgan fingerprint density at radius 2 is 1.88 bits per heavy atom. The van der Waals surface area contributed by atoms with Crippen molar-refractivity contribution in [2.24, 2.45) is 11.7 Å². The molecule has 24 heavy (non-hydrogen) atoms. The van der Waals surface area contributed by atoms with Crippen LogP contribution in [0.25, 0.3) is 0 Å². The van der Waals surface area contributed by atoms with E-state index in [0.29, 0.717) is 19.4 Å². The van der Waals surface area contributed by atoms with Gasteiger partial charge in [0, 0.05) is 6.04 Å². The van der Waals surface area contributed by atoms with Gasteiger partial charge in [-0.05, 0) is 38.1 Å². The summed E-state index contributed by atoms with van der Waals surface area (Å²) in [5.41, 5.74) is 5.03. The molecule has 3 rings (SSSR count). The van der Waals surface area contributed by atoms with E-state index in [0.717, 1.165) is 49.8 Å². The number of hydrogen-bond donors (Lipinski definition) is 3. The van der Waals surface area contributed by atoms with Crippen LogP contribution in [0.1, 0.15) is 57.8 Å². The molecule has 3 aliphatic rings. The van der Waals surface area contributed by atoms with Gasteiger partial charge in [-0.2, -0.15) is 0 Å². The zero-order valence-corrected chi connectivity index (χ0v) is 14.2. The Bertz CT molecular complexity index is 516. The third-order valence-corrected chi connectivity index (χ3v) is 5.81. The van der Waals surface area contributed by atoms with E-state index in [1.54, 1.807) is 0 Å². The van der Waals surface area contributed by atoms with Crippen LogP contribution in [0.5, 0.6) is 0 Å². The predicted molar refractivity (Wildman–Crippen MR) is 89.0 cm³/mol. The third-order valence-electron chi connectivity index (χ3n) is 5.81. The highest BCUT2D eigenvalue weighted by molar-refractivity contribution is 6.09. The lowest BCUT2D eigenvalue weighted by Gasteiger charge is -2.32. The maximum atomic E-state index is 12.7. The lowest BCUT2D eigenvalue weighted by Crippen LogP contribution is -2.50. The highest BCUT2D eigenvalue weighted by Crippen LogP contribution is 2.33. The van der Waals surface area contributed by atoms with Crippen LogP contribution in [0.2, 0.25) is 0 Å². The van der Waals surface area contributed by atoms with Gasteiger partial charge in [0.15, 0.2) is 0 Å². The van der Waals surface area contributed by atoms with Crippen LogP contribution < -0.4 is 16.4 Å². The van der Waals surface area contributed by atoms with E-state index in [2.05, 4.69) is 10.6 Å². The summed E-state index contributed by atoms with van der Waals surface area (Å²) < 4.78 is 0. The van der Waals surface area contributed by atoms with Crippen LogP contribution in [0, 0.1) is 5.92 Å². The SMILES string of the molecule is NCC1CCCCC1NC(=O)CN1C(=O)NC2(CCCCC2)C1=O. The van der Waals surface area contributed by atoms with Crippen molar-refractivity contribution in [3.63, 3.8) is 0 Å². The topological polar surface area (TPSA) is 105 Å². The Morgan fingerprint density at radius 3 is 2.58 bits per heavy atom. The first-order chi connectivity index (χ1) is 11.6. The van der Waals surface area contributed by atoms with Gasteiger partial charge in [-0.1, -0.05) is 32.1 Å². The maximum Gasteiger partial charge on any atom is 0.325 e. The van der Waals surface area contributed by atoms with E-state index in [-0.39, 0.29) is 30.3 Å². The monoisotopic (exact) mass is 336 g/mol. The molecule has 0 radical (unpaired) electrons. The lowest BCUT2D eigenvalue weighted by atomic mass is 9.82. The van der Waals surface area contributed by atoms with E-state index >= 15 is 0 Å². The van der Waals surface area contributed by atoms with Crippen LogP contribution in [-0.2, 0) is 9.59 Å². The Labute approximate surface area is 142 Å². The van der Waals surface area contributed by atoms with Gasteiger partial charge in [-0.3, -0.25) is 14.5 Å². The average molecular weight is 336 g/mol. The van der Waals surface area contributed by atoms with Crippen molar-refractivity contribution in [3.05, 3.63) is 0 Å². The molecule has 0 aromatic carbocycles. The van der Waals surface area contributed by atoms with Crippen molar-refractivity contribution in [1.29, 1.82) is 0 Å². The minimum Gasteiger partial charge on any atom is -0.351 e. The second-order valence-electron chi connectivity index (χ2n) is 7.42. The Kier molecular flexibility index (Phi) is 5.08. The van der Waals surface area contributed by atoms with Crippen LogP contribution in [-0.4, -0.2) is 47.4 Å². The second-order valence-corrected chi connectivity index (χ2v) is 7.42. The fourth-order valence-corrected chi connectivity index (χ4v) is 4.39. The molecule has 0 aromatic rings. The summed E-state index contributed by atoms with van der Waals surface area (Å²) >= 11 is 0. The first-order valence-electron chi connectivity index (χ1n) is 9.19. The molecule has 1 aliphatic heterocycles. The summed E-state index contributed by atoms with van der Waals surface area (Å²) in [5.74, 6) is -0.214. The summed E-state index contributed by atoms with van der Waals surface area (Å²) in [6.07, 6.45) is 8.47. The number of nitrogens with zero attached hydrogens (tertiary/aromatic N) is 1. The van der Waals surface area contributed by atoms with Gasteiger partial charge < -0.3 is 16.4 Å². The summed E-state index contributed by atoms with van der Waals surface area (Å²) in [6.45, 7) is 0.359. The Balaban J connectivity index is 1.59. The molecule has 4 amide bonds. The number of amides is 4. The van der Waals surface area contributed by atoms with E-state index in [1.165, 1.54) is 0 Å². The number of urea groups is 1. The molecule has 0 aromatic heterocycles. The van der Waals surface area contributed by atoms with Gasteiger partial charge in [0.2, 0.25) is 5.91 Å². The van der Waals surface area contributed by atoms with Crippen molar-refractivity contribution < 1.29 is 14.4 Å². The molecule has 2 saturated carbocycles. The average Bonchev–Trinajstić information content (AvgIpc) is 2.80. The van der Waals surface area contributed by atoms with Gasteiger partial charge >= 0.3 is 6.03 Å². The van der Waals surface area contributed by atoms with Crippen molar-refractivity contribution in [2.75, 3.05) is 13.1 Å². The van der Waals surface area contributed by atoms with Crippen LogP contribution in [0.4, 0.5) is 4.79 Å². The van der Waals surface area contributed by atoms with Crippen molar-refractivity contribution in [3.8, 4) is 0 Å². The minimum atomic E-state index is -0.764. The number of nitrogens with one attached hydrogen (secondary N) is 2. The predicted octanol–water partition coefficient (Wildman–Crippen LogP) is 0.875. The highest BCUT2D eigenvalue weighted by atomic mass is 16.2. The molecular formula is C17H28N4O3. The molecule has 7 heteroatoms. The number of hydrogen-bond acceptors (Lipinski definition) is 4. The molecule has 2 atom stereocenters. The molecule has 134 valence electrons. The molecule has 3 fully saturated rings. The van der Waals surface area contributed by atoms with Crippen molar-refractivity contribution in [2.45, 2.75) is 69.4 Å². The zero-order chi connectivity index (χ0) is 17.2. The van der Waals surface area contributed by atoms with Crippen LogP contribution >= 0.6 is 0 Å². The number of rotatable bonds is 4. The second kappa shape index (κ2) is 7.09. The van der Waals surface area contributed by atoms with Crippen molar-refractivity contribution >= 4 is 17.8 Å². The first-order valence-corrected chi connectivity index (χ1v) is 9.19. The zero-order valence-electron chi connectivity index (χ0n) is 14.2. The third kappa shape index (κ3) is 3.27. The molecule has 1 heterocycles. The van der Waals surface area contributed by atoms with Crippen LogP contribution in [0.3, 0.4) is 0 Å². The first kappa shape index (κ1) is 17.2. The molecule has 0 bridgehead atoms. The van der Waals surface area contributed by atoms with E-state index in [4.69, 9.17) is 5.73 Å². The lowest BCUT2D eigenvalue weighted by molar-refractivity contribution is -0.136. The number of carbonyl (C=O) groups is 3. The maximum absolute atomic E-state index is 12.7. The number of carbonyl (C=O) groups excluding carboxylic acids is 3. The van der Waals surface area contributed by atoms with Crippen molar-refractivity contribution in [1.82, 2.24) is 15.5 Å². The molecular weight excluding hydrogens is 308 g/mol. The molecule has 2 aliphatic carbocycles. The highest BCUT2D eigenvalue weighted by Gasteiger charge is 2.51. The van der Waals surface area contributed by atoms with Gasteiger partial charge in [-0.25, -0.2) is 4.79 Å². The molecule has 2 unspecified atom stereocenters. The Hall–Kier alpha value is -1.63. The van der Waals surface area contributed by atoms with E-state index in [9.17, 15) is 14.4 Å². The van der Waals surface area contributed by atoms with Gasteiger partial charge in [0.25, 0.3) is 5.91 Å². The summed E-state index contributed by atoms with van der Waals surface area (Å²) in [6, 6.07) is -0.378. The fourth-order valence-electron chi connectivity index (χ4n) is 4.39. The summed E-state index contributed by atoms with van der Waals surface area (Å²) in [7, 11) is 0. The largest absolute Gasteiger partial charge is 0.351 e. The van der Waals surface area contributed by atoms with E-state index < -0.39 is 11.6 Å². The normalized spacial score (nSPS) is 29.6. The fraction of sp³-hybridized carbons (Fsp3) is 0.824. The minimum absolute atomic E-state index is 0.0562. The van der Waals surface area contributed by atoms with Crippen LogP contribution in [0.15, 0.2) is 0 Å². The Morgan fingerprint density at radius 1 is 1.17 bits per heavy atom. The molecule has 7 nitrogen and oxygen atoms in total. The molecule has 1 saturated heterocycles. The van der Waals surface area contributed by atoms with Gasteiger partial charge in [-0.15, -0.1) is 0 Å². The molecule has 1 spiro atoms. The quantitative estimate of drug-likeness (QED) is 0.663. The van der Waals surface area contributed by atoms with E-state index in [1.807, 2.05) is 0 Å². The summed E-state index contributed by atoms with van der Waals surface area (Å²) in [5, 5.41) is 5.82. The smallest absolute Gasteiger partial charge is 0.325 e. The standard InChI is InChI=1S/C17H28N4O3/c18-10-12-6-2-3-7-13(12)19-14(22)11-21-15(23)17(20-16(21)24)8-4-1-5-9-17/h12-13H,1-11,18H2,(H,19,22)(H,20,24). The van der Waals surface area contributed by atoms with Gasteiger partial charge in [0.05, 0.1) is 0 Å². The molecule has 4 N–H and O–H groups in total. The number of imide groups is 1.